The van der Waals surface area contributed by atoms with E-state index in [2.05, 4.69) is 10.6 Å². The van der Waals surface area contributed by atoms with Crippen LogP contribution in [0.4, 0.5) is 10.5 Å². The predicted octanol–water partition coefficient (Wildman–Crippen LogP) is 2.25. The number of hydrogen-bond donors (Lipinski definition) is 2. The van der Waals surface area contributed by atoms with Crippen LogP contribution in [0.25, 0.3) is 0 Å². The Morgan fingerprint density at radius 3 is 2.92 bits per heavy atom. The first-order chi connectivity index (χ1) is 11.1. The van der Waals surface area contributed by atoms with E-state index < -0.39 is 11.0 Å². The molecule has 0 bridgehead atoms. The number of nitro benzene ring substituents is 1. The Morgan fingerprint density at radius 1 is 1.50 bits per heavy atom. The number of nitro groups is 1. The quantitative estimate of drug-likeness (QED) is 0.571. The highest BCUT2D eigenvalue weighted by atomic mass is 35.5. The average molecular weight is 360 g/mol. The summed E-state index contributed by atoms with van der Waals surface area (Å²) < 4.78 is 10.5. The lowest BCUT2D eigenvalue weighted by molar-refractivity contribution is -0.385. The molecule has 1 aromatic carbocycles. The van der Waals surface area contributed by atoms with E-state index >= 15 is 0 Å². The summed E-state index contributed by atoms with van der Waals surface area (Å²) in [6.07, 6.45) is 0.537. The van der Waals surface area contributed by atoms with Crippen LogP contribution in [0, 0.1) is 16.0 Å². The maximum absolute atomic E-state index is 11.7. The molecule has 8 nitrogen and oxygen atoms in total. The first kappa shape index (κ1) is 20.0. The molecule has 1 amide bonds. The topological polar surface area (TPSA) is 103 Å². The Labute approximate surface area is 146 Å². The Morgan fingerprint density at radius 2 is 2.29 bits per heavy atom. The maximum atomic E-state index is 11.7. The molecule has 1 saturated heterocycles. The van der Waals surface area contributed by atoms with Crippen molar-refractivity contribution in [3.63, 3.8) is 0 Å². The number of nitrogens with one attached hydrogen (secondary N) is 2. The van der Waals surface area contributed by atoms with Crippen molar-refractivity contribution in [3.8, 4) is 5.75 Å². The van der Waals surface area contributed by atoms with Gasteiger partial charge in [-0.25, -0.2) is 4.79 Å². The molecule has 1 heterocycles. The van der Waals surface area contributed by atoms with Gasteiger partial charge in [-0.3, -0.25) is 10.1 Å². The molecule has 0 radical (unpaired) electrons. The van der Waals surface area contributed by atoms with Gasteiger partial charge in [-0.05, 0) is 38.4 Å². The summed E-state index contributed by atoms with van der Waals surface area (Å²) in [5, 5.41) is 16.7. The molecule has 2 rings (SSSR count). The fraction of sp³-hybridized carbons (Fsp3) is 0.533. The summed E-state index contributed by atoms with van der Waals surface area (Å²) in [6, 6.07) is 4.24. The van der Waals surface area contributed by atoms with Crippen molar-refractivity contribution in [1.29, 1.82) is 0 Å². The van der Waals surface area contributed by atoms with E-state index in [-0.39, 0.29) is 24.7 Å². The van der Waals surface area contributed by atoms with Gasteiger partial charge in [0.05, 0.1) is 17.6 Å². The van der Waals surface area contributed by atoms with E-state index in [4.69, 9.17) is 9.47 Å². The van der Waals surface area contributed by atoms with E-state index in [0.717, 1.165) is 19.5 Å². The lowest BCUT2D eigenvalue weighted by atomic mass is 10.1. The smallest absolute Gasteiger partial charge is 0.407 e. The minimum absolute atomic E-state index is 0. The number of alkyl carbamates (subject to hydrolysis) is 1. The van der Waals surface area contributed by atoms with Crippen molar-refractivity contribution in [2.75, 3.05) is 26.2 Å². The number of hydrogen-bond acceptors (Lipinski definition) is 6. The normalized spacial score (nSPS) is 16.1. The summed E-state index contributed by atoms with van der Waals surface area (Å²) >= 11 is 0. The van der Waals surface area contributed by atoms with Crippen molar-refractivity contribution in [1.82, 2.24) is 10.6 Å². The van der Waals surface area contributed by atoms with E-state index in [1.54, 1.807) is 6.92 Å². The third-order valence-corrected chi connectivity index (χ3v) is 3.62. The number of amides is 1. The monoisotopic (exact) mass is 359 g/mol. The van der Waals surface area contributed by atoms with Gasteiger partial charge < -0.3 is 20.1 Å². The molecule has 24 heavy (non-hydrogen) atoms. The second-order valence-corrected chi connectivity index (χ2v) is 5.30. The number of benzene rings is 1. The Balaban J connectivity index is 0.00000288. The Bertz CT molecular complexity index is 564. The maximum Gasteiger partial charge on any atom is 0.407 e. The third kappa shape index (κ3) is 5.86. The first-order valence-corrected chi connectivity index (χ1v) is 7.61. The molecule has 1 atom stereocenters. The zero-order chi connectivity index (χ0) is 16.7. The van der Waals surface area contributed by atoms with Gasteiger partial charge in [0.25, 0.3) is 5.69 Å². The second kappa shape index (κ2) is 9.94. The predicted molar refractivity (Wildman–Crippen MR) is 90.7 cm³/mol. The molecule has 0 aliphatic carbocycles. The average Bonchev–Trinajstić information content (AvgIpc) is 3.05. The fourth-order valence-electron chi connectivity index (χ4n) is 2.38. The molecule has 0 unspecified atom stereocenters. The minimum atomic E-state index is -0.502. The highest BCUT2D eigenvalue weighted by Crippen LogP contribution is 2.25. The van der Waals surface area contributed by atoms with Gasteiger partial charge in [-0.2, -0.15) is 0 Å². The Kier molecular flexibility index (Phi) is 8.28. The van der Waals surface area contributed by atoms with Crippen LogP contribution in [0.5, 0.6) is 5.75 Å². The molecule has 1 aliphatic heterocycles. The standard InChI is InChI=1S/C15H21N3O5.ClH/c1-2-22-14-7-13(18(20)21)4-3-12(14)10-23-15(19)17-9-11-5-6-16-8-11;/h3-4,7,11,16H,2,5-6,8-10H2,1H3,(H,17,19);1H/t11-;/m0./s1. The molecule has 9 heteroatoms. The van der Waals surface area contributed by atoms with Gasteiger partial charge in [-0.15, -0.1) is 12.4 Å². The Hall–Kier alpha value is -2.06. The van der Waals surface area contributed by atoms with Gasteiger partial charge in [0.15, 0.2) is 0 Å². The molecule has 1 aromatic rings. The van der Waals surface area contributed by atoms with Crippen LogP contribution < -0.4 is 15.4 Å². The fourth-order valence-corrected chi connectivity index (χ4v) is 2.38. The van der Waals surface area contributed by atoms with Gasteiger partial charge in [0.2, 0.25) is 0 Å². The molecular formula is C15H22ClN3O5. The van der Waals surface area contributed by atoms with Gasteiger partial charge in [0, 0.05) is 18.2 Å². The van der Waals surface area contributed by atoms with Gasteiger partial charge in [-0.1, -0.05) is 0 Å². The molecular weight excluding hydrogens is 338 g/mol. The number of ether oxygens (including phenoxy) is 2. The highest BCUT2D eigenvalue weighted by molar-refractivity contribution is 5.85. The highest BCUT2D eigenvalue weighted by Gasteiger charge is 2.16. The van der Waals surface area contributed by atoms with Crippen LogP contribution in [-0.2, 0) is 11.3 Å². The molecule has 0 spiro atoms. The summed E-state index contributed by atoms with van der Waals surface area (Å²) in [5.41, 5.74) is 0.533. The van der Waals surface area contributed by atoms with E-state index in [1.165, 1.54) is 18.2 Å². The van der Waals surface area contributed by atoms with Crippen LogP contribution in [0.15, 0.2) is 18.2 Å². The van der Waals surface area contributed by atoms with Crippen molar-refractivity contribution < 1.29 is 19.2 Å². The van der Waals surface area contributed by atoms with Crippen LogP contribution in [0.1, 0.15) is 18.9 Å². The third-order valence-electron chi connectivity index (χ3n) is 3.62. The molecule has 134 valence electrons. The number of rotatable bonds is 7. The van der Waals surface area contributed by atoms with Crippen LogP contribution in [-0.4, -0.2) is 37.3 Å². The van der Waals surface area contributed by atoms with Crippen molar-refractivity contribution in [2.24, 2.45) is 5.92 Å². The summed E-state index contributed by atoms with van der Waals surface area (Å²) in [6.45, 7) is 4.60. The molecule has 0 saturated carbocycles. The van der Waals surface area contributed by atoms with E-state index in [9.17, 15) is 14.9 Å². The zero-order valence-electron chi connectivity index (χ0n) is 13.4. The number of non-ortho nitro benzene ring substituents is 1. The number of nitrogens with zero attached hydrogens (tertiary/aromatic N) is 1. The van der Waals surface area contributed by atoms with E-state index in [1.807, 2.05) is 0 Å². The number of halogens is 1. The van der Waals surface area contributed by atoms with Crippen LogP contribution >= 0.6 is 12.4 Å². The number of carbonyl (C=O) groups excluding carboxylic acids is 1. The largest absolute Gasteiger partial charge is 0.493 e. The van der Waals surface area contributed by atoms with E-state index in [0.29, 0.717) is 30.4 Å². The molecule has 2 N–H and O–H groups in total. The van der Waals surface area contributed by atoms with Gasteiger partial charge in [0.1, 0.15) is 12.4 Å². The lowest BCUT2D eigenvalue weighted by Crippen LogP contribution is -2.30. The summed E-state index contributed by atoms with van der Waals surface area (Å²) in [4.78, 5) is 22.0. The van der Waals surface area contributed by atoms with Crippen molar-refractivity contribution in [2.45, 2.75) is 20.0 Å². The summed E-state index contributed by atoms with van der Waals surface area (Å²) in [5.74, 6) is 0.787. The molecule has 1 aliphatic rings. The molecule has 1 fully saturated rings. The first-order valence-electron chi connectivity index (χ1n) is 7.61. The minimum Gasteiger partial charge on any atom is -0.493 e. The number of carbonyl (C=O) groups is 1. The van der Waals surface area contributed by atoms with Crippen LogP contribution in [0.3, 0.4) is 0 Å². The molecule has 0 aromatic heterocycles. The summed E-state index contributed by atoms with van der Waals surface area (Å²) in [7, 11) is 0. The second-order valence-electron chi connectivity index (χ2n) is 5.30. The zero-order valence-corrected chi connectivity index (χ0v) is 14.3. The van der Waals surface area contributed by atoms with Crippen LogP contribution in [0.2, 0.25) is 0 Å². The SMILES string of the molecule is CCOc1cc([N+](=O)[O-])ccc1COC(=O)NC[C@H]1CCNC1.Cl. The lowest BCUT2D eigenvalue weighted by Gasteiger charge is -2.12. The van der Waals surface area contributed by atoms with Gasteiger partial charge >= 0.3 is 6.09 Å². The van der Waals surface area contributed by atoms with Crippen molar-refractivity contribution in [3.05, 3.63) is 33.9 Å². The van der Waals surface area contributed by atoms with Crippen molar-refractivity contribution >= 4 is 24.2 Å².